The Balaban J connectivity index is 1.56. The van der Waals surface area contributed by atoms with E-state index in [0.717, 1.165) is 71.6 Å². The summed E-state index contributed by atoms with van der Waals surface area (Å²) in [5.74, 6) is 0.870. The lowest BCUT2D eigenvalue weighted by Gasteiger charge is -2.23. The Labute approximate surface area is 142 Å². The molecule has 1 fully saturated rings. The highest BCUT2D eigenvalue weighted by molar-refractivity contribution is 9.10. The van der Waals surface area contributed by atoms with Crippen molar-refractivity contribution in [3.63, 3.8) is 0 Å². The summed E-state index contributed by atoms with van der Waals surface area (Å²) in [6.07, 6.45) is 1.63. The number of morpholine rings is 1. The Morgan fingerprint density at radius 1 is 1.26 bits per heavy atom. The molecular formula is C16H19BrN5O+. The van der Waals surface area contributed by atoms with Gasteiger partial charge in [-0.1, -0.05) is 15.9 Å². The standard InChI is InChI=1S/C16H18BrN5O/c17-11-1-2-13-12(9-11)14-15(21-13)16(20-10-19-14)18-3-4-22-5-7-23-8-6-22/h1-2,9-10,21H,3-8H2,(H,18,19,20)/p+1. The number of halogens is 1. The molecule has 1 saturated heterocycles. The first-order chi connectivity index (χ1) is 11.3. The second-order valence-electron chi connectivity index (χ2n) is 5.80. The van der Waals surface area contributed by atoms with Crippen LogP contribution in [0.25, 0.3) is 21.9 Å². The highest BCUT2D eigenvalue weighted by atomic mass is 79.9. The van der Waals surface area contributed by atoms with E-state index in [1.807, 2.05) is 6.07 Å². The SMILES string of the molecule is Brc1ccc2[nH]c3c(NCC[NH+]4CCOCC4)ncnc3c2c1. The van der Waals surface area contributed by atoms with Crippen LogP contribution in [-0.2, 0) is 4.74 Å². The average Bonchev–Trinajstić information content (AvgIpc) is 2.95. The zero-order chi connectivity index (χ0) is 15.6. The van der Waals surface area contributed by atoms with Gasteiger partial charge in [-0.25, -0.2) is 9.97 Å². The van der Waals surface area contributed by atoms with Gasteiger partial charge in [-0.2, -0.15) is 0 Å². The fraction of sp³-hybridized carbons (Fsp3) is 0.375. The molecule has 0 spiro atoms. The molecule has 0 bridgehead atoms. The monoisotopic (exact) mass is 376 g/mol. The van der Waals surface area contributed by atoms with Crippen LogP contribution in [0, 0.1) is 0 Å². The molecule has 3 aromatic rings. The van der Waals surface area contributed by atoms with Crippen molar-refractivity contribution in [3.05, 3.63) is 29.0 Å². The summed E-state index contributed by atoms with van der Waals surface area (Å²) in [6.45, 7) is 5.86. The van der Waals surface area contributed by atoms with Crippen molar-refractivity contribution in [1.29, 1.82) is 0 Å². The highest BCUT2D eigenvalue weighted by Gasteiger charge is 2.14. The summed E-state index contributed by atoms with van der Waals surface area (Å²) in [5, 5.41) is 4.56. The third-order valence-corrected chi connectivity index (χ3v) is 4.81. The number of anilines is 1. The first-order valence-corrected chi connectivity index (χ1v) is 8.68. The van der Waals surface area contributed by atoms with Crippen LogP contribution in [0.2, 0.25) is 0 Å². The van der Waals surface area contributed by atoms with Gasteiger partial charge in [-0.3, -0.25) is 0 Å². The Kier molecular flexibility index (Phi) is 4.15. The van der Waals surface area contributed by atoms with Crippen LogP contribution in [0.4, 0.5) is 5.82 Å². The summed E-state index contributed by atoms with van der Waals surface area (Å²) < 4.78 is 6.45. The van der Waals surface area contributed by atoms with Gasteiger partial charge < -0.3 is 19.9 Å². The number of nitrogens with zero attached hydrogens (tertiary/aromatic N) is 2. The second kappa shape index (κ2) is 6.43. The van der Waals surface area contributed by atoms with E-state index in [1.165, 1.54) is 0 Å². The number of hydrogen-bond donors (Lipinski definition) is 3. The van der Waals surface area contributed by atoms with Crippen LogP contribution >= 0.6 is 15.9 Å². The van der Waals surface area contributed by atoms with E-state index in [0.29, 0.717) is 0 Å². The maximum absolute atomic E-state index is 5.39. The normalized spacial score (nSPS) is 16.2. The van der Waals surface area contributed by atoms with E-state index >= 15 is 0 Å². The summed E-state index contributed by atoms with van der Waals surface area (Å²) in [7, 11) is 0. The number of benzene rings is 1. The number of aromatic amines is 1. The number of rotatable bonds is 4. The van der Waals surface area contributed by atoms with E-state index in [4.69, 9.17) is 4.74 Å². The largest absolute Gasteiger partial charge is 0.370 e. The van der Waals surface area contributed by atoms with Gasteiger partial charge in [-0.05, 0) is 18.2 Å². The number of hydrogen-bond acceptors (Lipinski definition) is 4. The number of nitrogens with one attached hydrogen (secondary N) is 3. The lowest BCUT2D eigenvalue weighted by Crippen LogP contribution is -3.14. The lowest BCUT2D eigenvalue weighted by atomic mass is 10.2. The molecule has 6 nitrogen and oxygen atoms in total. The number of fused-ring (bicyclic) bond motifs is 3. The molecule has 23 heavy (non-hydrogen) atoms. The number of H-pyrrole nitrogens is 1. The molecule has 1 aliphatic heterocycles. The second-order valence-corrected chi connectivity index (χ2v) is 6.72. The molecule has 0 amide bonds. The molecule has 0 atom stereocenters. The van der Waals surface area contributed by atoms with E-state index in [-0.39, 0.29) is 0 Å². The van der Waals surface area contributed by atoms with Crippen molar-refractivity contribution in [2.75, 3.05) is 44.7 Å². The van der Waals surface area contributed by atoms with Crippen molar-refractivity contribution in [3.8, 4) is 0 Å². The van der Waals surface area contributed by atoms with Crippen LogP contribution in [0.15, 0.2) is 29.0 Å². The third kappa shape index (κ3) is 3.04. The summed E-state index contributed by atoms with van der Waals surface area (Å²) >= 11 is 3.52. The zero-order valence-electron chi connectivity index (χ0n) is 12.7. The number of ether oxygens (including phenoxy) is 1. The van der Waals surface area contributed by atoms with Gasteiger partial charge in [0.1, 0.15) is 30.5 Å². The van der Waals surface area contributed by atoms with E-state index in [2.05, 4.69) is 48.3 Å². The number of quaternary nitrogens is 1. The summed E-state index contributed by atoms with van der Waals surface area (Å²) in [5.41, 5.74) is 3.00. The Hall–Kier alpha value is -1.70. The molecule has 120 valence electrons. The minimum absolute atomic E-state index is 0.865. The Bertz CT molecular complexity index is 828. The van der Waals surface area contributed by atoms with Crippen molar-refractivity contribution in [2.24, 2.45) is 0 Å². The van der Waals surface area contributed by atoms with E-state index < -0.39 is 0 Å². The topological polar surface area (TPSA) is 67.3 Å². The van der Waals surface area contributed by atoms with Crippen molar-refractivity contribution < 1.29 is 9.64 Å². The van der Waals surface area contributed by atoms with E-state index in [9.17, 15) is 0 Å². The molecular weight excluding hydrogens is 358 g/mol. The summed E-state index contributed by atoms with van der Waals surface area (Å²) in [6, 6.07) is 6.17. The molecule has 1 aliphatic rings. The number of aromatic nitrogens is 3. The predicted molar refractivity (Wildman–Crippen MR) is 94.0 cm³/mol. The molecule has 3 N–H and O–H groups in total. The first kappa shape index (κ1) is 14.9. The minimum Gasteiger partial charge on any atom is -0.370 e. The Morgan fingerprint density at radius 2 is 2.13 bits per heavy atom. The predicted octanol–water partition coefficient (Wildman–Crippen LogP) is 1.20. The van der Waals surface area contributed by atoms with Gasteiger partial charge in [0, 0.05) is 15.4 Å². The van der Waals surface area contributed by atoms with Crippen LogP contribution in [0.3, 0.4) is 0 Å². The smallest absolute Gasteiger partial charge is 0.154 e. The summed E-state index contributed by atoms with van der Waals surface area (Å²) in [4.78, 5) is 13.9. The molecule has 2 aromatic heterocycles. The molecule has 7 heteroatoms. The molecule has 0 aliphatic carbocycles. The molecule has 0 radical (unpaired) electrons. The van der Waals surface area contributed by atoms with Crippen LogP contribution < -0.4 is 10.2 Å². The lowest BCUT2D eigenvalue weighted by molar-refractivity contribution is -0.906. The van der Waals surface area contributed by atoms with Gasteiger partial charge in [0.15, 0.2) is 5.82 Å². The van der Waals surface area contributed by atoms with Gasteiger partial charge >= 0.3 is 0 Å². The van der Waals surface area contributed by atoms with E-state index in [1.54, 1.807) is 11.2 Å². The van der Waals surface area contributed by atoms with Crippen LogP contribution in [0.5, 0.6) is 0 Å². The zero-order valence-corrected chi connectivity index (χ0v) is 14.3. The maximum atomic E-state index is 5.39. The highest BCUT2D eigenvalue weighted by Crippen LogP contribution is 2.29. The maximum Gasteiger partial charge on any atom is 0.154 e. The molecule has 3 heterocycles. The van der Waals surface area contributed by atoms with Crippen molar-refractivity contribution >= 4 is 43.7 Å². The third-order valence-electron chi connectivity index (χ3n) is 4.31. The van der Waals surface area contributed by atoms with Gasteiger partial charge in [0.25, 0.3) is 0 Å². The molecule has 1 aromatic carbocycles. The average molecular weight is 377 g/mol. The fourth-order valence-electron chi connectivity index (χ4n) is 3.07. The molecule has 0 unspecified atom stereocenters. The van der Waals surface area contributed by atoms with Gasteiger partial charge in [-0.15, -0.1) is 0 Å². The van der Waals surface area contributed by atoms with Gasteiger partial charge in [0.05, 0.1) is 26.3 Å². The van der Waals surface area contributed by atoms with Gasteiger partial charge in [0.2, 0.25) is 0 Å². The fourth-order valence-corrected chi connectivity index (χ4v) is 3.43. The van der Waals surface area contributed by atoms with Crippen LogP contribution in [-0.4, -0.2) is 54.3 Å². The van der Waals surface area contributed by atoms with Crippen molar-refractivity contribution in [2.45, 2.75) is 0 Å². The van der Waals surface area contributed by atoms with Crippen molar-refractivity contribution in [1.82, 2.24) is 15.0 Å². The quantitative estimate of drug-likeness (QED) is 0.639. The van der Waals surface area contributed by atoms with Crippen LogP contribution in [0.1, 0.15) is 0 Å². The first-order valence-electron chi connectivity index (χ1n) is 7.88. The Morgan fingerprint density at radius 3 is 3.00 bits per heavy atom. The molecule has 0 saturated carbocycles. The molecule has 4 rings (SSSR count). The minimum atomic E-state index is 0.865.